The molecule has 31 heavy (non-hydrogen) atoms. The molecular formula is C24H21FN4O2. The van der Waals surface area contributed by atoms with Crippen LogP contribution < -0.4 is 4.90 Å². The number of hydrogen-bond donors (Lipinski definition) is 1. The lowest BCUT2D eigenvalue weighted by Crippen LogP contribution is -2.53. The largest absolute Gasteiger partial charge is 0.389 e. The molecular weight excluding hydrogens is 395 g/mol. The van der Waals surface area contributed by atoms with E-state index in [9.17, 15) is 14.3 Å². The highest BCUT2D eigenvalue weighted by atomic mass is 19.1. The Morgan fingerprint density at radius 1 is 1.10 bits per heavy atom. The van der Waals surface area contributed by atoms with Crippen molar-refractivity contribution in [1.29, 1.82) is 0 Å². The third kappa shape index (κ3) is 2.91. The molecule has 156 valence electrons. The Hall–Kier alpha value is -3.32. The van der Waals surface area contributed by atoms with E-state index < -0.39 is 6.10 Å². The number of carbonyl (C=O) groups excluding carboxylic acids is 1. The lowest BCUT2D eigenvalue weighted by Gasteiger charge is -2.36. The Labute approximate surface area is 179 Å². The Morgan fingerprint density at radius 3 is 2.52 bits per heavy atom. The van der Waals surface area contributed by atoms with Gasteiger partial charge < -0.3 is 14.9 Å². The number of aliphatic hydroxyl groups is 1. The number of aliphatic hydroxyl groups excluding tert-OH is 1. The number of anilines is 2. The van der Waals surface area contributed by atoms with Crippen LogP contribution in [0.3, 0.4) is 0 Å². The number of hydrogen-bond acceptors (Lipinski definition) is 5. The summed E-state index contributed by atoms with van der Waals surface area (Å²) in [6.45, 7) is 1.54. The minimum Gasteiger partial charge on any atom is -0.389 e. The number of fused-ring (bicyclic) bond motifs is 2. The fourth-order valence-corrected chi connectivity index (χ4v) is 4.66. The van der Waals surface area contributed by atoms with Gasteiger partial charge in [-0.2, -0.15) is 0 Å². The van der Waals surface area contributed by atoms with Crippen LogP contribution in [-0.2, 0) is 5.41 Å². The summed E-state index contributed by atoms with van der Waals surface area (Å²) in [5, 5.41) is 9.52. The number of halogens is 1. The highest BCUT2D eigenvalue weighted by molar-refractivity contribution is 5.96. The lowest BCUT2D eigenvalue weighted by molar-refractivity contribution is 0.00590. The van der Waals surface area contributed by atoms with Crippen LogP contribution in [0.4, 0.5) is 16.0 Å². The van der Waals surface area contributed by atoms with Crippen LogP contribution in [-0.4, -0.2) is 51.6 Å². The zero-order valence-corrected chi connectivity index (χ0v) is 16.8. The molecule has 1 saturated carbocycles. The molecule has 1 amide bonds. The van der Waals surface area contributed by atoms with Gasteiger partial charge in [0, 0.05) is 59.8 Å². The normalized spacial score (nSPS) is 18.8. The predicted molar refractivity (Wildman–Crippen MR) is 114 cm³/mol. The van der Waals surface area contributed by atoms with E-state index in [4.69, 9.17) is 0 Å². The maximum Gasteiger partial charge on any atom is 0.254 e. The Balaban J connectivity index is 1.34. The molecule has 3 aromatic rings. The topological polar surface area (TPSA) is 69.6 Å². The van der Waals surface area contributed by atoms with E-state index in [1.807, 2.05) is 12.1 Å². The highest BCUT2D eigenvalue weighted by Crippen LogP contribution is 2.57. The average Bonchev–Trinajstić information content (AvgIpc) is 3.48. The summed E-state index contributed by atoms with van der Waals surface area (Å²) in [5.41, 5.74) is 4.01. The van der Waals surface area contributed by atoms with E-state index in [2.05, 4.69) is 20.9 Å². The van der Waals surface area contributed by atoms with Crippen molar-refractivity contribution in [3.05, 3.63) is 71.8 Å². The third-order valence-electron chi connectivity index (χ3n) is 6.64. The second kappa shape index (κ2) is 6.59. The van der Waals surface area contributed by atoms with E-state index in [1.165, 1.54) is 11.6 Å². The summed E-state index contributed by atoms with van der Waals surface area (Å²) in [4.78, 5) is 25.5. The second-order valence-electron chi connectivity index (χ2n) is 8.71. The van der Waals surface area contributed by atoms with Gasteiger partial charge in [0.05, 0.1) is 6.10 Å². The smallest absolute Gasteiger partial charge is 0.254 e. The van der Waals surface area contributed by atoms with Gasteiger partial charge in [0.15, 0.2) is 0 Å². The van der Waals surface area contributed by atoms with Crippen LogP contribution in [0.15, 0.2) is 54.9 Å². The molecule has 1 aromatic heterocycles. The van der Waals surface area contributed by atoms with Gasteiger partial charge in [0.25, 0.3) is 5.91 Å². The number of likely N-dealkylation sites (tertiary alicyclic amines) is 1. The molecule has 2 aliphatic heterocycles. The van der Waals surface area contributed by atoms with Crippen LogP contribution in [0.5, 0.6) is 0 Å². The number of benzene rings is 2. The highest BCUT2D eigenvalue weighted by Gasteiger charge is 2.52. The average molecular weight is 416 g/mol. The van der Waals surface area contributed by atoms with Gasteiger partial charge in [-0.3, -0.25) is 4.79 Å². The van der Waals surface area contributed by atoms with Gasteiger partial charge in [-0.1, -0.05) is 24.3 Å². The first-order valence-corrected chi connectivity index (χ1v) is 10.5. The Bertz CT molecular complexity index is 1190. The zero-order chi connectivity index (χ0) is 21.2. The van der Waals surface area contributed by atoms with Crippen molar-refractivity contribution in [1.82, 2.24) is 14.9 Å². The number of aromatic nitrogens is 2. The van der Waals surface area contributed by atoms with E-state index >= 15 is 0 Å². The molecule has 0 radical (unpaired) electrons. The number of nitrogens with zero attached hydrogens (tertiary/aromatic N) is 4. The van der Waals surface area contributed by atoms with Crippen LogP contribution in [0.25, 0.3) is 11.1 Å². The van der Waals surface area contributed by atoms with E-state index in [-0.39, 0.29) is 17.1 Å². The number of carbonyl (C=O) groups is 1. The fourth-order valence-electron chi connectivity index (χ4n) is 4.66. The first-order chi connectivity index (χ1) is 15.0. The molecule has 2 aromatic carbocycles. The van der Waals surface area contributed by atoms with Crippen molar-refractivity contribution >= 4 is 17.5 Å². The monoisotopic (exact) mass is 416 g/mol. The summed E-state index contributed by atoms with van der Waals surface area (Å²) < 4.78 is 14.1. The van der Waals surface area contributed by atoms with Gasteiger partial charge in [0.1, 0.15) is 5.82 Å². The zero-order valence-electron chi connectivity index (χ0n) is 16.8. The van der Waals surface area contributed by atoms with Crippen molar-refractivity contribution in [2.45, 2.75) is 24.4 Å². The van der Waals surface area contributed by atoms with Gasteiger partial charge in [-0.15, -0.1) is 0 Å². The molecule has 0 atom stereocenters. The van der Waals surface area contributed by atoms with Crippen LogP contribution in [0, 0.1) is 5.82 Å². The predicted octanol–water partition coefficient (Wildman–Crippen LogP) is 3.28. The summed E-state index contributed by atoms with van der Waals surface area (Å²) >= 11 is 0. The first kappa shape index (κ1) is 18.4. The summed E-state index contributed by atoms with van der Waals surface area (Å²) in [7, 11) is 0. The minimum absolute atomic E-state index is 0.0689. The van der Waals surface area contributed by atoms with Gasteiger partial charge in [-0.05, 0) is 36.6 Å². The SMILES string of the molecule is O=C(c1ccc2c(c1)N(c1ncc(-c3ccccc3F)cn1)CC21CC1)N1CC(O)C1. The van der Waals surface area contributed by atoms with Crippen molar-refractivity contribution in [2.75, 3.05) is 24.5 Å². The lowest BCUT2D eigenvalue weighted by atomic mass is 9.97. The molecule has 1 spiro atoms. The molecule has 0 unspecified atom stereocenters. The van der Waals surface area contributed by atoms with Crippen molar-refractivity contribution in [3.63, 3.8) is 0 Å². The molecule has 7 heteroatoms. The maximum absolute atomic E-state index is 14.1. The molecule has 1 aliphatic carbocycles. The third-order valence-corrected chi connectivity index (χ3v) is 6.64. The van der Waals surface area contributed by atoms with Gasteiger partial charge in [-0.25, -0.2) is 14.4 Å². The van der Waals surface area contributed by atoms with Crippen LogP contribution >= 0.6 is 0 Å². The number of rotatable bonds is 3. The molecule has 0 bridgehead atoms. The number of β-amino-alcohol motifs (C(OH)–C–C–N with tert-alkyl or cyclic N) is 1. The molecule has 1 saturated heterocycles. The fraction of sp³-hybridized carbons (Fsp3) is 0.292. The molecule has 2 fully saturated rings. The molecule has 6 nitrogen and oxygen atoms in total. The van der Waals surface area contributed by atoms with Crippen LogP contribution in [0.2, 0.25) is 0 Å². The summed E-state index contributed by atoms with van der Waals surface area (Å²) in [5.74, 6) is 0.177. The molecule has 3 heterocycles. The van der Waals surface area contributed by atoms with Gasteiger partial charge in [0.2, 0.25) is 5.95 Å². The molecule has 6 rings (SSSR count). The van der Waals surface area contributed by atoms with Crippen LogP contribution in [0.1, 0.15) is 28.8 Å². The number of amides is 1. The minimum atomic E-state index is -0.425. The summed E-state index contributed by atoms with van der Waals surface area (Å²) in [6.07, 6.45) is 5.08. The molecule has 3 aliphatic rings. The van der Waals surface area contributed by atoms with E-state index in [0.29, 0.717) is 35.7 Å². The quantitative estimate of drug-likeness (QED) is 0.710. The van der Waals surface area contributed by atoms with E-state index in [1.54, 1.807) is 35.5 Å². The summed E-state index contributed by atoms with van der Waals surface area (Å²) in [6, 6.07) is 12.4. The molecule has 1 N–H and O–H groups in total. The maximum atomic E-state index is 14.1. The van der Waals surface area contributed by atoms with E-state index in [0.717, 1.165) is 25.1 Å². The standard InChI is InChI=1S/C24H21FN4O2/c25-20-4-2-1-3-18(20)16-10-26-23(27-11-16)29-14-24(7-8-24)19-6-5-15(9-21(19)29)22(31)28-12-17(30)13-28/h1-6,9-11,17,30H,7-8,12-14H2. The second-order valence-corrected chi connectivity index (χ2v) is 8.71. The Morgan fingerprint density at radius 2 is 1.84 bits per heavy atom. The van der Waals surface area contributed by atoms with Crippen molar-refractivity contribution < 1.29 is 14.3 Å². The Kier molecular flexibility index (Phi) is 3.92. The first-order valence-electron chi connectivity index (χ1n) is 10.5. The van der Waals surface area contributed by atoms with Crippen molar-refractivity contribution in [3.8, 4) is 11.1 Å². The van der Waals surface area contributed by atoms with Crippen molar-refractivity contribution in [2.24, 2.45) is 0 Å². The van der Waals surface area contributed by atoms with Gasteiger partial charge >= 0.3 is 0 Å².